The smallest absolute Gasteiger partial charge is 0.408 e. The number of nitrogens with one attached hydrogen (secondary N) is 1. The zero-order chi connectivity index (χ0) is 19.9. The van der Waals surface area contributed by atoms with Crippen molar-refractivity contribution in [3.8, 4) is 0 Å². The van der Waals surface area contributed by atoms with Crippen molar-refractivity contribution in [1.29, 1.82) is 0 Å². The monoisotopic (exact) mass is 380 g/mol. The summed E-state index contributed by atoms with van der Waals surface area (Å²) in [5.74, 6) is -0.881. The number of carboxylic acids is 1. The maximum absolute atomic E-state index is 12.3. The molecule has 3 aromatic rings. The summed E-state index contributed by atoms with van der Waals surface area (Å²) in [6.07, 6.45) is -0.266. The van der Waals surface area contributed by atoms with E-state index in [1.54, 1.807) is 0 Å². The third kappa shape index (κ3) is 4.97. The van der Waals surface area contributed by atoms with Gasteiger partial charge in [0.15, 0.2) is 5.69 Å². The fourth-order valence-electron chi connectivity index (χ4n) is 2.72. The number of nitrogens with zero attached hydrogens (tertiary/aromatic N) is 1. The van der Waals surface area contributed by atoms with Crippen LogP contribution >= 0.6 is 0 Å². The Morgan fingerprint density at radius 2 is 1.68 bits per heavy atom. The zero-order valence-corrected chi connectivity index (χ0v) is 15.3. The SMILES string of the molecule is Cc1oc([C@@H](Cc2ccccc2)NC(=O)OCc2ccccc2)nc1C(=O)O. The summed E-state index contributed by atoms with van der Waals surface area (Å²) in [6, 6.07) is 18.1. The molecule has 0 saturated heterocycles. The first-order valence-corrected chi connectivity index (χ1v) is 8.74. The molecule has 0 aliphatic rings. The molecule has 0 unspecified atom stereocenters. The topological polar surface area (TPSA) is 102 Å². The summed E-state index contributed by atoms with van der Waals surface area (Å²) in [7, 11) is 0. The summed E-state index contributed by atoms with van der Waals surface area (Å²) in [5, 5.41) is 11.9. The zero-order valence-electron chi connectivity index (χ0n) is 15.3. The molecule has 3 rings (SSSR count). The van der Waals surface area contributed by atoms with Gasteiger partial charge in [-0.2, -0.15) is 0 Å². The second-order valence-corrected chi connectivity index (χ2v) is 6.21. The molecule has 1 aromatic heterocycles. The predicted molar refractivity (Wildman–Crippen MR) is 101 cm³/mol. The van der Waals surface area contributed by atoms with Crippen LogP contribution in [0.15, 0.2) is 65.1 Å². The van der Waals surface area contributed by atoms with Gasteiger partial charge in [-0.25, -0.2) is 14.6 Å². The highest BCUT2D eigenvalue weighted by Crippen LogP contribution is 2.21. The Hall–Kier alpha value is -3.61. The molecule has 0 saturated carbocycles. The molecular weight excluding hydrogens is 360 g/mol. The number of aryl methyl sites for hydroxylation is 1. The number of carbonyl (C=O) groups excluding carboxylic acids is 1. The van der Waals surface area contributed by atoms with Crippen molar-refractivity contribution in [3.63, 3.8) is 0 Å². The van der Waals surface area contributed by atoms with Crippen LogP contribution in [0.5, 0.6) is 0 Å². The number of oxazole rings is 1. The number of ether oxygens (including phenoxy) is 1. The molecular formula is C21H20N2O5. The number of aromatic carboxylic acids is 1. The average Bonchev–Trinajstić information content (AvgIpc) is 3.09. The molecule has 0 aliphatic carbocycles. The Labute approximate surface area is 162 Å². The number of carboxylic acid groups (broad SMARTS) is 1. The number of benzene rings is 2. The summed E-state index contributed by atoms with van der Waals surface area (Å²) >= 11 is 0. The van der Waals surface area contributed by atoms with Crippen molar-refractivity contribution < 1.29 is 23.8 Å². The molecule has 2 N–H and O–H groups in total. The van der Waals surface area contributed by atoms with E-state index in [0.717, 1.165) is 11.1 Å². The van der Waals surface area contributed by atoms with E-state index >= 15 is 0 Å². The van der Waals surface area contributed by atoms with Gasteiger partial charge >= 0.3 is 12.1 Å². The Kier molecular flexibility index (Phi) is 6.06. The Morgan fingerprint density at radius 1 is 1.07 bits per heavy atom. The summed E-state index contributed by atoms with van der Waals surface area (Å²) in [5.41, 5.74) is 1.62. The van der Waals surface area contributed by atoms with E-state index in [1.807, 2.05) is 60.7 Å². The van der Waals surface area contributed by atoms with Crippen LogP contribution in [0, 0.1) is 6.92 Å². The van der Waals surface area contributed by atoms with Crippen LogP contribution in [0.3, 0.4) is 0 Å². The molecule has 0 radical (unpaired) electrons. The predicted octanol–water partition coefficient (Wildman–Crippen LogP) is 3.89. The lowest BCUT2D eigenvalue weighted by Gasteiger charge is -2.16. The Balaban J connectivity index is 1.75. The normalized spacial score (nSPS) is 11.6. The number of rotatable bonds is 7. The Morgan fingerprint density at radius 3 is 2.25 bits per heavy atom. The Bertz CT molecular complexity index is 938. The van der Waals surface area contributed by atoms with Gasteiger partial charge in [-0.1, -0.05) is 60.7 Å². The number of hydrogen-bond donors (Lipinski definition) is 2. The van der Waals surface area contributed by atoms with E-state index in [9.17, 15) is 14.7 Å². The molecule has 7 nitrogen and oxygen atoms in total. The van der Waals surface area contributed by atoms with Crippen LogP contribution in [-0.4, -0.2) is 22.2 Å². The van der Waals surface area contributed by atoms with Gasteiger partial charge in [0.05, 0.1) is 0 Å². The van der Waals surface area contributed by atoms with E-state index in [-0.39, 0.29) is 24.0 Å². The van der Waals surface area contributed by atoms with Crippen molar-refractivity contribution in [2.24, 2.45) is 0 Å². The van der Waals surface area contributed by atoms with Crippen molar-refractivity contribution in [3.05, 3.63) is 89.1 Å². The molecule has 0 bridgehead atoms. The highest BCUT2D eigenvalue weighted by molar-refractivity contribution is 5.86. The molecule has 1 amide bonds. The van der Waals surface area contributed by atoms with Gasteiger partial charge in [-0.15, -0.1) is 0 Å². The minimum Gasteiger partial charge on any atom is -0.476 e. The van der Waals surface area contributed by atoms with Crippen molar-refractivity contribution >= 4 is 12.1 Å². The molecule has 28 heavy (non-hydrogen) atoms. The van der Waals surface area contributed by atoms with Gasteiger partial charge in [-0.3, -0.25) is 0 Å². The maximum atomic E-state index is 12.3. The minimum atomic E-state index is -1.18. The second-order valence-electron chi connectivity index (χ2n) is 6.21. The fraction of sp³-hybridized carbons (Fsp3) is 0.190. The van der Waals surface area contributed by atoms with Gasteiger partial charge in [0.2, 0.25) is 5.89 Å². The standard InChI is InChI=1S/C21H20N2O5/c1-14-18(20(24)25)23-19(28-14)17(12-15-8-4-2-5-9-15)22-21(26)27-13-16-10-6-3-7-11-16/h2-11,17H,12-13H2,1H3,(H,22,26)(H,24,25)/t17-/m1/s1. The second kappa shape index (κ2) is 8.85. The van der Waals surface area contributed by atoms with E-state index in [2.05, 4.69) is 10.3 Å². The lowest BCUT2D eigenvalue weighted by molar-refractivity contribution is 0.0689. The number of hydrogen-bond acceptors (Lipinski definition) is 5. The van der Waals surface area contributed by atoms with Crippen LogP contribution in [0.2, 0.25) is 0 Å². The molecule has 1 atom stereocenters. The summed E-state index contributed by atoms with van der Waals surface area (Å²) in [6.45, 7) is 1.64. The number of carbonyl (C=O) groups is 2. The van der Waals surface area contributed by atoms with E-state index < -0.39 is 18.1 Å². The lowest BCUT2D eigenvalue weighted by atomic mass is 10.1. The molecule has 2 aromatic carbocycles. The van der Waals surface area contributed by atoms with Crippen LogP contribution in [0.1, 0.15) is 39.3 Å². The fourth-order valence-corrected chi connectivity index (χ4v) is 2.72. The first-order valence-electron chi connectivity index (χ1n) is 8.74. The maximum Gasteiger partial charge on any atom is 0.408 e. The van der Waals surface area contributed by atoms with Gasteiger partial charge in [-0.05, 0) is 18.1 Å². The number of amides is 1. The largest absolute Gasteiger partial charge is 0.476 e. The molecule has 7 heteroatoms. The van der Waals surface area contributed by atoms with E-state index in [1.165, 1.54) is 6.92 Å². The van der Waals surface area contributed by atoms with Crippen LogP contribution in [0.25, 0.3) is 0 Å². The lowest BCUT2D eigenvalue weighted by Crippen LogP contribution is -2.30. The average molecular weight is 380 g/mol. The van der Waals surface area contributed by atoms with Gasteiger partial charge in [0.1, 0.15) is 18.4 Å². The van der Waals surface area contributed by atoms with Crippen LogP contribution in [-0.2, 0) is 17.8 Å². The highest BCUT2D eigenvalue weighted by atomic mass is 16.5. The first-order chi connectivity index (χ1) is 13.5. The van der Waals surface area contributed by atoms with Crippen molar-refractivity contribution in [2.75, 3.05) is 0 Å². The quantitative estimate of drug-likeness (QED) is 0.645. The highest BCUT2D eigenvalue weighted by Gasteiger charge is 2.25. The number of alkyl carbamates (subject to hydrolysis) is 1. The number of aromatic nitrogens is 1. The molecule has 0 aliphatic heterocycles. The first kappa shape index (κ1) is 19.2. The van der Waals surface area contributed by atoms with Crippen LogP contribution < -0.4 is 5.32 Å². The van der Waals surface area contributed by atoms with Crippen LogP contribution in [0.4, 0.5) is 4.79 Å². The summed E-state index contributed by atoms with van der Waals surface area (Å²) in [4.78, 5) is 27.6. The third-order valence-corrected chi connectivity index (χ3v) is 4.10. The molecule has 1 heterocycles. The van der Waals surface area contributed by atoms with Gasteiger partial charge in [0, 0.05) is 6.42 Å². The summed E-state index contributed by atoms with van der Waals surface area (Å²) < 4.78 is 10.8. The molecule has 0 fully saturated rings. The van der Waals surface area contributed by atoms with Gasteiger partial charge < -0.3 is 19.6 Å². The molecule has 144 valence electrons. The molecule has 0 spiro atoms. The minimum absolute atomic E-state index is 0.121. The van der Waals surface area contributed by atoms with Crippen molar-refractivity contribution in [1.82, 2.24) is 10.3 Å². The van der Waals surface area contributed by atoms with Gasteiger partial charge in [0.25, 0.3) is 0 Å². The van der Waals surface area contributed by atoms with E-state index in [4.69, 9.17) is 9.15 Å². The van der Waals surface area contributed by atoms with Crippen molar-refractivity contribution in [2.45, 2.75) is 26.0 Å². The third-order valence-electron chi connectivity index (χ3n) is 4.10. The van der Waals surface area contributed by atoms with E-state index in [0.29, 0.717) is 6.42 Å².